The van der Waals surface area contributed by atoms with Crippen LogP contribution >= 0.6 is 81.5 Å². The molecule has 0 radical (unpaired) electrons. The van der Waals surface area contributed by atoms with E-state index in [1.54, 1.807) is 6.26 Å². The number of Topliss-reactive ketones (excluding diaryl/α,β-unsaturated/α-hetero) is 1. The maximum atomic E-state index is 11.5. The van der Waals surface area contributed by atoms with Crippen molar-refractivity contribution >= 4 is 93.2 Å². The van der Waals surface area contributed by atoms with Gasteiger partial charge >= 0.3 is 0 Å². The molecule has 2 heterocycles. The maximum absolute atomic E-state index is 11.5. The summed E-state index contributed by atoms with van der Waals surface area (Å²) in [6, 6.07) is 0. The Kier molecular flexibility index (Phi) is 11.3. The molecule has 1 N–H and O–H groups in total. The van der Waals surface area contributed by atoms with Gasteiger partial charge in [0.05, 0.1) is 0 Å². The number of aromatic nitrogens is 2. The fraction of sp³-hybridized carbons (Fsp3) is 0.333. The average molecular weight is 499 g/mol. The number of ketones is 1. The fourth-order valence-corrected chi connectivity index (χ4v) is 3.69. The Labute approximate surface area is 181 Å². The summed E-state index contributed by atoms with van der Waals surface area (Å²) in [4.78, 5) is 27.6. The first-order valence-electron chi connectivity index (χ1n) is 6.52. The number of hydrogen-bond acceptors (Lipinski definition) is 9. The van der Waals surface area contributed by atoms with Crippen molar-refractivity contribution in [3.05, 3.63) is 30.1 Å². The summed E-state index contributed by atoms with van der Waals surface area (Å²) in [5, 5.41) is 3.36. The maximum Gasteiger partial charge on any atom is 0.264 e. The molecular weight excluding hydrogens is 488 g/mol. The van der Waals surface area contributed by atoms with Crippen LogP contribution in [-0.4, -0.2) is 39.8 Å². The molecule has 14 heteroatoms. The van der Waals surface area contributed by atoms with Crippen molar-refractivity contribution in [3.8, 4) is 0 Å². The van der Waals surface area contributed by atoms with E-state index in [1.165, 1.54) is 6.92 Å². The molecule has 0 aliphatic rings. The quantitative estimate of drug-likeness (QED) is 0.187. The molecule has 2 aromatic heterocycles. The molecule has 26 heavy (non-hydrogen) atoms. The monoisotopic (exact) mass is 497 g/mol. The smallest absolute Gasteiger partial charge is 0.264 e. The Balaban J connectivity index is 0.000000289. The number of carbonyl (C=O) groups is 2. The number of rotatable bonds is 7. The minimum absolute atomic E-state index is 0.102. The molecule has 0 aliphatic heterocycles. The van der Waals surface area contributed by atoms with E-state index in [-0.39, 0.29) is 43.5 Å². The van der Waals surface area contributed by atoms with Crippen molar-refractivity contribution in [3.63, 3.8) is 0 Å². The van der Waals surface area contributed by atoms with Gasteiger partial charge in [0.15, 0.2) is 16.1 Å². The second-order valence-electron chi connectivity index (χ2n) is 4.10. The predicted molar refractivity (Wildman–Crippen MR) is 107 cm³/mol. The first-order chi connectivity index (χ1) is 12.3. The number of nitrogens with zero attached hydrogens (tertiary/aromatic N) is 2. The molecule has 2 rings (SSSR count). The molecule has 0 aliphatic carbocycles. The van der Waals surface area contributed by atoms with Crippen molar-refractivity contribution in [2.45, 2.75) is 6.92 Å². The van der Waals surface area contributed by atoms with Crippen LogP contribution in [0.4, 0.5) is 0 Å². The molecule has 0 spiro atoms. The molecular formula is C12H11Cl4N3O4S3. The zero-order valence-electron chi connectivity index (χ0n) is 13.2. The van der Waals surface area contributed by atoms with Crippen LogP contribution in [0.5, 0.6) is 0 Å². The molecule has 1 amide bonds. The van der Waals surface area contributed by atoms with E-state index in [1.807, 2.05) is 0 Å². The van der Waals surface area contributed by atoms with Crippen molar-refractivity contribution in [2.24, 2.45) is 0 Å². The Hall–Kier alpha value is -0.170. The van der Waals surface area contributed by atoms with Gasteiger partial charge in [-0.1, -0.05) is 46.4 Å². The largest absolute Gasteiger partial charge is 0.349 e. The van der Waals surface area contributed by atoms with Crippen molar-refractivity contribution < 1.29 is 18.8 Å². The topological polar surface area (TPSA) is 90.4 Å². The summed E-state index contributed by atoms with van der Waals surface area (Å²) in [6.45, 7) is 1.98. The van der Waals surface area contributed by atoms with Gasteiger partial charge in [-0.2, -0.15) is 13.1 Å². The van der Waals surface area contributed by atoms with E-state index in [9.17, 15) is 9.59 Å². The van der Waals surface area contributed by atoms with Gasteiger partial charge in [0.2, 0.25) is 0 Å². The lowest BCUT2D eigenvalue weighted by Crippen LogP contribution is -2.26. The SMILES string of the molecule is CC(=O)c1snc(Cl)c1Cl.CSOOCCNC(=O)c1snc(Cl)c1Cl. The highest BCUT2D eigenvalue weighted by Crippen LogP contribution is 2.29. The molecule has 0 atom stereocenters. The van der Waals surface area contributed by atoms with Crippen LogP contribution in [0.15, 0.2) is 0 Å². The van der Waals surface area contributed by atoms with Gasteiger partial charge in [0, 0.05) is 31.8 Å². The third-order valence-corrected chi connectivity index (χ3v) is 6.24. The van der Waals surface area contributed by atoms with Gasteiger partial charge < -0.3 is 5.32 Å². The molecule has 0 saturated carbocycles. The van der Waals surface area contributed by atoms with Crippen LogP contribution in [0.25, 0.3) is 0 Å². The van der Waals surface area contributed by atoms with Crippen LogP contribution in [-0.2, 0) is 9.22 Å². The van der Waals surface area contributed by atoms with E-state index >= 15 is 0 Å². The normalized spacial score (nSPS) is 10.2. The number of amides is 1. The lowest BCUT2D eigenvalue weighted by molar-refractivity contribution is -0.187. The van der Waals surface area contributed by atoms with Gasteiger partial charge in [-0.05, 0) is 23.1 Å². The predicted octanol–water partition coefficient (Wildman–Crippen LogP) is 5.06. The average Bonchev–Trinajstić information content (AvgIpc) is 3.11. The van der Waals surface area contributed by atoms with Crippen LogP contribution in [0.1, 0.15) is 26.3 Å². The molecule has 0 saturated heterocycles. The highest BCUT2D eigenvalue weighted by atomic mass is 35.5. The summed E-state index contributed by atoms with van der Waals surface area (Å²) < 4.78 is 12.0. The Morgan fingerprint density at radius 3 is 2.00 bits per heavy atom. The van der Waals surface area contributed by atoms with Gasteiger partial charge in [0.25, 0.3) is 5.91 Å². The summed E-state index contributed by atoms with van der Waals surface area (Å²) in [7, 11) is 0. The highest BCUT2D eigenvalue weighted by molar-refractivity contribution is 7.93. The van der Waals surface area contributed by atoms with Gasteiger partial charge in [-0.3, -0.25) is 9.59 Å². The fourth-order valence-electron chi connectivity index (χ4n) is 1.25. The second kappa shape index (κ2) is 12.3. The molecule has 7 nitrogen and oxygen atoms in total. The third kappa shape index (κ3) is 7.45. The number of nitrogens with one attached hydrogen (secondary N) is 1. The zero-order chi connectivity index (χ0) is 19.7. The van der Waals surface area contributed by atoms with E-state index < -0.39 is 0 Å². The van der Waals surface area contributed by atoms with Crippen molar-refractivity contribution in [1.29, 1.82) is 0 Å². The number of carbonyl (C=O) groups excluding carboxylic acids is 2. The van der Waals surface area contributed by atoms with Crippen LogP contribution in [0, 0.1) is 0 Å². The summed E-state index contributed by atoms with van der Waals surface area (Å²) in [5.74, 6) is -0.434. The zero-order valence-corrected chi connectivity index (χ0v) is 18.7. The van der Waals surface area contributed by atoms with Crippen LogP contribution in [0.3, 0.4) is 0 Å². The minimum atomic E-state index is -0.331. The summed E-state index contributed by atoms with van der Waals surface area (Å²) in [6.07, 6.45) is 1.72. The molecule has 2 aromatic rings. The van der Waals surface area contributed by atoms with Crippen molar-refractivity contribution in [1.82, 2.24) is 14.1 Å². The summed E-state index contributed by atoms with van der Waals surface area (Å²) >= 11 is 25.5. The Morgan fingerprint density at radius 2 is 1.62 bits per heavy atom. The highest BCUT2D eigenvalue weighted by Gasteiger charge is 2.16. The number of halogens is 4. The Bertz CT molecular complexity index is 756. The van der Waals surface area contributed by atoms with E-state index in [0.717, 1.165) is 35.1 Å². The van der Waals surface area contributed by atoms with Crippen molar-refractivity contribution in [2.75, 3.05) is 19.4 Å². The first-order valence-corrected chi connectivity index (χ1v) is 10.7. The first kappa shape index (κ1) is 23.9. The minimum Gasteiger partial charge on any atom is -0.349 e. The lowest BCUT2D eigenvalue weighted by atomic mass is 10.4. The molecule has 0 unspecified atom stereocenters. The molecule has 0 fully saturated rings. The summed E-state index contributed by atoms with van der Waals surface area (Å²) in [5.41, 5.74) is 0. The van der Waals surface area contributed by atoms with E-state index in [0.29, 0.717) is 11.4 Å². The molecule has 0 aromatic carbocycles. The lowest BCUT2D eigenvalue weighted by Gasteiger charge is -2.02. The van der Waals surface area contributed by atoms with Gasteiger partial charge in [0.1, 0.15) is 26.4 Å². The second-order valence-corrected chi connectivity index (χ2v) is 7.59. The molecule has 144 valence electrons. The van der Waals surface area contributed by atoms with Crippen LogP contribution in [0.2, 0.25) is 20.4 Å². The Morgan fingerprint density at radius 1 is 1.08 bits per heavy atom. The van der Waals surface area contributed by atoms with E-state index in [4.69, 9.17) is 46.4 Å². The molecule has 0 bridgehead atoms. The number of hydrogen-bond donors (Lipinski definition) is 1. The van der Waals surface area contributed by atoms with Gasteiger partial charge in [-0.25, -0.2) is 4.89 Å². The van der Waals surface area contributed by atoms with Crippen LogP contribution < -0.4 is 5.32 Å². The van der Waals surface area contributed by atoms with Gasteiger partial charge in [-0.15, -0.1) is 0 Å². The standard InChI is InChI=1S/C7H8Cl2N2O3S2.C5H3Cl2NOS/c1-15-14-13-3-2-10-7(12)5-4(8)6(9)11-16-5;1-2(9)4-3(6)5(7)8-10-4/h2-3H2,1H3,(H,10,12);1H3. The third-order valence-electron chi connectivity index (χ3n) is 2.31. The van der Waals surface area contributed by atoms with E-state index in [2.05, 4.69) is 23.3 Å².